The lowest BCUT2D eigenvalue weighted by Gasteiger charge is -2.32. The fourth-order valence-electron chi connectivity index (χ4n) is 5.53. The van der Waals surface area contributed by atoms with Crippen molar-refractivity contribution in [3.05, 3.63) is 59.2 Å². The number of likely N-dealkylation sites (N-methyl/N-ethyl adjacent to an activating group) is 1. The van der Waals surface area contributed by atoms with E-state index in [-0.39, 0.29) is 43.7 Å². The molecule has 4 rings (SSSR count). The average molecular weight is 646 g/mol. The lowest BCUT2D eigenvalue weighted by Crippen LogP contribution is -2.46. The molecule has 12 heteroatoms. The van der Waals surface area contributed by atoms with Crippen molar-refractivity contribution in [2.24, 2.45) is 5.92 Å². The summed E-state index contributed by atoms with van der Waals surface area (Å²) in [5, 5.41) is 3.16. The highest BCUT2D eigenvalue weighted by Gasteiger charge is 2.35. The lowest BCUT2D eigenvalue weighted by molar-refractivity contribution is -0.139. The van der Waals surface area contributed by atoms with Crippen molar-refractivity contribution in [3.8, 4) is 0 Å². The van der Waals surface area contributed by atoms with Crippen LogP contribution in [0.2, 0.25) is 0 Å². The van der Waals surface area contributed by atoms with Crippen molar-refractivity contribution in [3.63, 3.8) is 0 Å². The first-order chi connectivity index (χ1) is 21.5. The maximum Gasteiger partial charge on any atom is 0.416 e. The number of anilines is 2. The number of nitrogens with one attached hydrogen (secondary N) is 1. The number of alkyl halides is 3. The first kappa shape index (κ1) is 34.9. The SMILES string of the molecule is CC(C)N(CCN(Cc1ccccc1C(F)(F)F)C(=O)CNc1cccc2c1N(C)CCN(CC1CC1)C2=O)C(=O)OC(C)(C)C. The Morgan fingerprint density at radius 2 is 1.72 bits per heavy atom. The van der Waals surface area contributed by atoms with Gasteiger partial charge in [-0.3, -0.25) is 9.59 Å². The van der Waals surface area contributed by atoms with Gasteiger partial charge in [0.2, 0.25) is 5.91 Å². The summed E-state index contributed by atoms with van der Waals surface area (Å²) in [7, 11) is 1.90. The molecule has 0 unspecified atom stereocenters. The van der Waals surface area contributed by atoms with Crippen molar-refractivity contribution in [2.45, 2.75) is 71.8 Å². The molecule has 1 aliphatic carbocycles. The van der Waals surface area contributed by atoms with Crippen LogP contribution in [-0.2, 0) is 22.3 Å². The average Bonchev–Trinajstić information content (AvgIpc) is 3.80. The number of nitrogens with zero attached hydrogens (tertiary/aromatic N) is 4. The number of hydrogen-bond acceptors (Lipinski definition) is 6. The molecular formula is C34H46F3N5O4. The molecule has 0 spiro atoms. The van der Waals surface area contributed by atoms with E-state index in [2.05, 4.69) is 5.32 Å². The maximum absolute atomic E-state index is 13.9. The minimum atomic E-state index is -4.60. The molecule has 1 aliphatic heterocycles. The van der Waals surface area contributed by atoms with Crippen LogP contribution in [0.4, 0.5) is 29.3 Å². The van der Waals surface area contributed by atoms with Gasteiger partial charge in [-0.25, -0.2) is 4.79 Å². The van der Waals surface area contributed by atoms with Gasteiger partial charge in [0.25, 0.3) is 5.91 Å². The number of benzene rings is 2. The minimum Gasteiger partial charge on any atom is -0.444 e. The molecule has 2 aliphatic rings. The second-order valence-corrected chi connectivity index (χ2v) is 13.4. The highest BCUT2D eigenvalue weighted by atomic mass is 19.4. The van der Waals surface area contributed by atoms with Gasteiger partial charge in [-0.1, -0.05) is 24.3 Å². The smallest absolute Gasteiger partial charge is 0.416 e. The molecule has 0 saturated heterocycles. The van der Waals surface area contributed by atoms with E-state index in [0.29, 0.717) is 35.9 Å². The molecule has 1 N–H and O–H groups in total. The zero-order chi connectivity index (χ0) is 33.8. The van der Waals surface area contributed by atoms with E-state index >= 15 is 0 Å². The van der Waals surface area contributed by atoms with E-state index in [1.165, 1.54) is 28.0 Å². The fraction of sp³-hybridized carbons (Fsp3) is 0.559. The first-order valence-corrected chi connectivity index (χ1v) is 15.8. The summed E-state index contributed by atoms with van der Waals surface area (Å²) >= 11 is 0. The normalized spacial score (nSPS) is 15.4. The third-order valence-corrected chi connectivity index (χ3v) is 8.15. The van der Waals surface area contributed by atoms with Crippen LogP contribution in [0.1, 0.15) is 68.9 Å². The van der Waals surface area contributed by atoms with Crippen LogP contribution < -0.4 is 10.2 Å². The van der Waals surface area contributed by atoms with Gasteiger partial charge in [-0.2, -0.15) is 13.2 Å². The summed E-state index contributed by atoms with van der Waals surface area (Å²) in [6.45, 7) is 10.3. The third-order valence-electron chi connectivity index (χ3n) is 8.15. The van der Waals surface area contributed by atoms with Crippen molar-refractivity contribution in [1.82, 2.24) is 14.7 Å². The highest BCUT2D eigenvalue weighted by molar-refractivity contribution is 6.03. The van der Waals surface area contributed by atoms with Crippen LogP contribution in [0.15, 0.2) is 42.5 Å². The van der Waals surface area contributed by atoms with Gasteiger partial charge in [0.1, 0.15) is 5.60 Å². The Morgan fingerprint density at radius 3 is 2.35 bits per heavy atom. The molecule has 1 heterocycles. The number of carbonyl (C=O) groups is 3. The van der Waals surface area contributed by atoms with E-state index in [1.807, 2.05) is 16.8 Å². The molecule has 0 bridgehead atoms. The molecule has 1 fully saturated rings. The summed E-state index contributed by atoms with van der Waals surface area (Å²) in [6, 6.07) is 10.2. The topological polar surface area (TPSA) is 85.4 Å². The molecule has 0 aromatic heterocycles. The molecule has 252 valence electrons. The minimum absolute atomic E-state index is 0.0223. The Morgan fingerprint density at radius 1 is 1.02 bits per heavy atom. The standard InChI is InChI=1S/C34H46F3N5O4/c1-23(2)42(32(45)46-33(3,4)5)19-18-40(22-25-10-7-8-12-27(25)34(35,36)37)29(43)20-38-28-13-9-11-26-30(28)39(6)16-17-41(31(26)44)21-24-14-15-24/h7-13,23-24,38H,14-22H2,1-6H3. The van der Waals surface area contributed by atoms with Gasteiger partial charge < -0.3 is 29.7 Å². The summed E-state index contributed by atoms with van der Waals surface area (Å²) in [4.78, 5) is 46.9. The maximum atomic E-state index is 13.9. The number of para-hydroxylation sites is 1. The summed E-state index contributed by atoms with van der Waals surface area (Å²) in [5.74, 6) is 0.0353. The molecule has 1 saturated carbocycles. The lowest BCUT2D eigenvalue weighted by atomic mass is 10.1. The molecule has 2 aromatic rings. The van der Waals surface area contributed by atoms with Crippen molar-refractivity contribution >= 4 is 29.3 Å². The molecule has 9 nitrogen and oxygen atoms in total. The number of hydrogen-bond donors (Lipinski definition) is 1. The number of carbonyl (C=O) groups excluding carboxylic acids is 3. The summed E-state index contributed by atoms with van der Waals surface area (Å²) < 4.78 is 47.2. The Kier molecular flexibility index (Phi) is 10.8. The Hall–Kier alpha value is -3.96. The second kappa shape index (κ2) is 14.2. The predicted octanol–water partition coefficient (Wildman–Crippen LogP) is 6.09. The molecule has 46 heavy (non-hydrogen) atoms. The van der Waals surface area contributed by atoms with Crippen LogP contribution in [0.25, 0.3) is 0 Å². The van der Waals surface area contributed by atoms with E-state index in [1.54, 1.807) is 52.8 Å². The summed E-state index contributed by atoms with van der Waals surface area (Å²) in [5.41, 5.74) is 0.196. The van der Waals surface area contributed by atoms with E-state index < -0.39 is 29.3 Å². The number of amides is 3. The largest absolute Gasteiger partial charge is 0.444 e. The number of fused-ring (bicyclic) bond motifs is 1. The quantitative estimate of drug-likeness (QED) is 0.318. The predicted molar refractivity (Wildman–Crippen MR) is 172 cm³/mol. The Labute approximate surface area is 269 Å². The van der Waals surface area contributed by atoms with Crippen LogP contribution in [0.3, 0.4) is 0 Å². The van der Waals surface area contributed by atoms with Crippen molar-refractivity contribution in [1.29, 1.82) is 0 Å². The molecule has 3 amide bonds. The van der Waals surface area contributed by atoms with Gasteiger partial charge in [-0.05, 0) is 77.1 Å². The zero-order valence-electron chi connectivity index (χ0n) is 27.6. The molecule has 0 atom stereocenters. The van der Waals surface area contributed by atoms with Gasteiger partial charge >= 0.3 is 12.3 Å². The van der Waals surface area contributed by atoms with Gasteiger partial charge in [-0.15, -0.1) is 0 Å². The zero-order valence-corrected chi connectivity index (χ0v) is 27.6. The van der Waals surface area contributed by atoms with Crippen LogP contribution in [0, 0.1) is 5.92 Å². The number of rotatable bonds is 11. The summed E-state index contributed by atoms with van der Waals surface area (Å²) in [6.07, 6.45) is -2.91. The first-order valence-electron chi connectivity index (χ1n) is 15.8. The number of halogens is 3. The Bertz CT molecular complexity index is 1400. The van der Waals surface area contributed by atoms with Crippen molar-refractivity contribution in [2.75, 3.05) is 56.5 Å². The van der Waals surface area contributed by atoms with Gasteiger partial charge in [0.15, 0.2) is 0 Å². The van der Waals surface area contributed by atoms with Crippen molar-refractivity contribution < 1.29 is 32.3 Å². The number of ether oxygens (including phenoxy) is 1. The third kappa shape index (κ3) is 9.07. The van der Waals surface area contributed by atoms with Gasteiger partial charge in [0.05, 0.1) is 29.0 Å². The molecular weight excluding hydrogens is 599 g/mol. The van der Waals surface area contributed by atoms with Gasteiger partial charge in [0, 0.05) is 52.4 Å². The Balaban J connectivity index is 1.56. The van der Waals surface area contributed by atoms with E-state index in [4.69, 9.17) is 4.74 Å². The molecule has 2 aromatic carbocycles. The van der Waals surface area contributed by atoms with E-state index in [9.17, 15) is 27.6 Å². The van der Waals surface area contributed by atoms with Crippen LogP contribution in [-0.4, -0.2) is 90.6 Å². The molecule has 0 radical (unpaired) electrons. The fourth-order valence-corrected chi connectivity index (χ4v) is 5.53. The second-order valence-electron chi connectivity index (χ2n) is 13.4. The van der Waals surface area contributed by atoms with Crippen LogP contribution in [0.5, 0.6) is 0 Å². The van der Waals surface area contributed by atoms with E-state index in [0.717, 1.165) is 25.5 Å². The van der Waals surface area contributed by atoms with Crippen LogP contribution >= 0.6 is 0 Å². The monoisotopic (exact) mass is 645 g/mol. The highest BCUT2D eigenvalue weighted by Crippen LogP contribution is 2.35.